The number of carbonyl (C=O) groups is 1. The molecule has 0 aliphatic rings. The Bertz CT molecular complexity index is 971. The molecule has 0 atom stereocenters. The van der Waals surface area contributed by atoms with E-state index >= 15 is 0 Å². The lowest BCUT2D eigenvalue weighted by Gasteiger charge is -2.11. The van der Waals surface area contributed by atoms with Gasteiger partial charge in [-0.1, -0.05) is 0 Å². The number of aromatic nitrogens is 1. The summed E-state index contributed by atoms with van der Waals surface area (Å²) in [6.45, 7) is 0. The van der Waals surface area contributed by atoms with E-state index in [4.69, 9.17) is 9.47 Å². The van der Waals surface area contributed by atoms with Crippen molar-refractivity contribution in [2.75, 3.05) is 19.5 Å². The van der Waals surface area contributed by atoms with Crippen molar-refractivity contribution in [3.8, 4) is 22.1 Å². The summed E-state index contributed by atoms with van der Waals surface area (Å²) in [7, 11) is 2.76. The van der Waals surface area contributed by atoms with Crippen LogP contribution in [0.3, 0.4) is 0 Å². The Morgan fingerprint density at radius 1 is 1.15 bits per heavy atom. The molecule has 2 aromatic carbocycles. The minimum atomic E-state index is -0.636. The summed E-state index contributed by atoms with van der Waals surface area (Å²) in [5.41, 5.74) is 0.927. The molecule has 0 bridgehead atoms. The van der Waals surface area contributed by atoms with Gasteiger partial charge in [-0.2, -0.15) is 0 Å². The number of ether oxygens (including phenoxy) is 2. The van der Waals surface area contributed by atoms with Gasteiger partial charge in [0, 0.05) is 28.9 Å². The van der Waals surface area contributed by atoms with Crippen LogP contribution in [0.5, 0.6) is 11.5 Å². The summed E-state index contributed by atoms with van der Waals surface area (Å²) in [4.78, 5) is 27.5. The normalized spacial score (nSPS) is 10.3. The topological polar surface area (TPSA) is 104 Å². The summed E-state index contributed by atoms with van der Waals surface area (Å²) in [5.74, 6) is -0.217. The van der Waals surface area contributed by atoms with Crippen LogP contribution < -0.4 is 14.8 Å². The molecule has 3 aromatic rings. The summed E-state index contributed by atoms with van der Waals surface area (Å²) in [6.07, 6.45) is 1.71. The fourth-order valence-corrected chi connectivity index (χ4v) is 3.11. The molecule has 1 N–H and O–H groups in total. The molecule has 8 nitrogen and oxygen atoms in total. The van der Waals surface area contributed by atoms with Crippen molar-refractivity contribution in [2.45, 2.75) is 0 Å². The zero-order valence-electron chi connectivity index (χ0n) is 14.5. The second-order valence-corrected chi connectivity index (χ2v) is 6.24. The Kier molecular flexibility index (Phi) is 5.32. The van der Waals surface area contributed by atoms with Crippen LogP contribution in [0.25, 0.3) is 10.6 Å². The summed E-state index contributed by atoms with van der Waals surface area (Å²) in [5, 5.41) is 16.7. The summed E-state index contributed by atoms with van der Waals surface area (Å²) < 4.78 is 10.2. The van der Waals surface area contributed by atoms with Gasteiger partial charge in [-0.25, -0.2) is 4.98 Å². The van der Waals surface area contributed by atoms with Crippen LogP contribution in [-0.4, -0.2) is 30.0 Å². The van der Waals surface area contributed by atoms with Gasteiger partial charge in [-0.3, -0.25) is 14.9 Å². The maximum Gasteiger partial charge on any atom is 0.286 e. The predicted octanol–water partition coefficient (Wildman–Crippen LogP) is 3.99. The number of amides is 1. The third kappa shape index (κ3) is 3.87. The smallest absolute Gasteiger partial charge is 0.286 e. The molecule has 3 rings (SSSR count). The molecule has 1 heterocycles. The largest absolute Gasteiger partial charge is 0.493 e. The first-order chi connectivity index (χ1) is 13.0. The number of nitro benzene ring substituents is 1. The minimum absolute atomic E-state index is 0.123. The number of anilines is 1. The molecular weight excluding hydrogens is 370 g/mol. The number of benzene rings is 2. The Balaban J connectivity index is 1.88. The van der Waals surface area contributed by atoms with E-state index < -0.39 is 10.8 Å². The molecule has 138 valence electrons. The molecule has 0 radical (unpaired) electrons. The highest BCUT2D eigenvalue weighted by molar-refractivity contribution is 7.13. The zero-order valence-corrected chi connectivity index (χ0v) is 15.3. The number of methoxy groups -OCH3 is 2. The third-order valence-electron chi connectivity index (χ3n) is 3.77. The molecule has 0 saturated heterocycles. The van der Waals surface area contributed by atoms with Gasteiger partial charge in [-0.15, -0.1) is 11.3 Å². The number of rotatable bonds is 6. The highest BCUT2D eigenvalue weighted by atomic mass is 32.1. The van der Waals surface area contributed by atoms with Crippen molar-refractivity contribution in [1.29, 1.82) is 0 Å². The van der Waals surface area contributed by atoms with Crippen LogP contribution in [0, 0.1) is 10.1 Å². The van der Waals surface area contributed by atoms with Crippen molar-refractivity contribution in [2.24, 2.45) is 0 Å². The van der Waals surface area contributed by atoms with Crippen molar-refractivity contribution in [1.82, 2.24) is 4.98 Å². The van der Waals surface area contributed by atoms with Crippen LogP contribution >= 0.6 is 11.3 Å². The van der Waals surface area contributed by atoms with E-state index in [0.717, 1.165) is 10.6 Å². The molecule has 0 aliphatic carbocycles. The average Bonchev–Trinajstić information content (AvgIpc) is 3.22. The number of hydrogen-bond donors (Lipinski definition) is 1. The Morgan fingerprint density at radius 2 is 1.81 bits per heavy atom. The number of nitrogens with zero attached hydrogens (tertiary/aromatic N) is 2. The van der Waals surface area contributed by atoms with Crippen LogP contribution in [0.4, 0.5) is 11.4 Å². The summed E-state index contributed by atoms with van der Waals surface area (Å²) >= 11 is 1.51. The molecule has 27 heavy (non-hydrogen) atoms. The average molecular weight is 385 g/mol. The maximum atomic E-state index is 12.6. The first-order valence-electron chi connectivity index (χ1n) is 7.75. The highest BCUT2D eigenvalue weighted by Crippen LogP contribution is 2.35. The van der Waals surface area contributed by atoms with E-state index in [1.54, 1.807) is 18.3 Å². The van der Waals surface area contributed by atoms with Crippen LogP contribution in [0.15, 0.2) is 48.0 Å². The van der Waals surface area contributed by atoms with Gasteiger partial charge in [-0.05, 0) is 24.3 Å². The fraction of sp³-hybridized carbons (Fsp3) is 0.111. The highest BCUT2D eigenvalue weighted by Gasteiger charge is 2.24. The third-order valence-corrected chi connectivity index (χ3v) is 4.59. The van der Waals surface area contributed by atoms with Crippen molar-refractivity contribution >= 4 is 28.6 Å². The molecule has 0 unspecified atom stereocenters. The fourth-order valence-electron chi connectivity index (χ4n) is 2.46. The van der Waals surface area contributed by atoms with Gasteiger partial charge < -0.3 is 14.8 Å². The van der Waals surface area contributed by atoms with Crippen LogP contribution in [0.1, 0.15) is 10.4 Å². The molecule has 1 amide bonds. The van der Waals surface area contributed by atoms with Crippen molar-refractivity contribution in [3.63, 3.8) is 0 Å². The van der Waals surface area contributed by atoms with E-state index in [0.29, 0.717) is 5.69 Å². The number of thiazole rings is 1. The van der Waals surface area contributed by atoms with Gasteiger partial charge in [0.15, 0.2) is 11.5 Å². The van der Waals surface area contributed by atoms with Crippen LogP contribution in [-0.2, 0) is 0 Å². The standard InChI is InChI=1S/C18H15N3O5S/c1-25-15-9-13(14(21(23)24)10-16(15)26-2)17(22)20-12-5-3-11(4-6-12)18-19-7-8-27-18/h3-10H,1-2H3,(H,20,22). The molecule has 0 spiro atoms. The molecule has 0 aliphatic heterocycles. The molecule has 0 fully saturated rings. The number of nitrogens with one attached hydrogen (secondary N) is 1. The van der Waals surface area contributed by atoms with E-state index in [-0.39, 0.29) is 22.7 Å². The quantitative estimate of drug-likeness (QED) is 0.508. The SMILES string of the molecule is COc1cc(C(=O)Nc2ccc(-c3nccs3)cc2)c([N+](=O)[O-])cc1OC. The van der Waals surface area contributed by atoms with Crippen molar-refractivity contribution in [3.05, 3.63) is 63.7 Å². The minimum Gasteiger partial charge on any atom is -0.493 e. The van der Waals surface area contributed by atoms with Gasteiger partial charge >= 0.3 is 0 Å². The van der Waals surface area contributed by atoms with Crippen molar-refractivity contribution < 1.29 is 19.2 Å². The van der Waals surface area contributed by atoms with Gasteiger partial charge in [0.1, 0.15) is 10.6 Å². The van der Waals surface area contributed by atoms with E-state index in [2.05, 4.69) is 10.3 Å². The Morgan fingerprint density at radius 3 is 2.37 bits per heavy atom. The predicted molar refractivity (Wildman–Crippen MR) is 102 cm³/mol. The Hall–Kier alpha value is -3.46. The zero-order chi connectivity index (χ0) is 19.4. The molecule has 0 saturated carbocycles. The molecular formula is C18H15N3O5S. The number of hydrogen-bond acceptors (Lipinski definition) is 7. The van der Waals surface area contributed by atoms with Gasteiger partial charge in [0.25, 0.3) is 11.6 Å². The van der Waals surface area contributed by atoms with E-state index in [1.807, 2.05) is 17.5 Å². The number of nitro groups is 1. The Labute approximate surface area is 158 Å². The first kappa shape index (κ1) is 18.3. The van der Waals surface area contributed by atoms with Gasteiger partial charge in [0.2, 0.25) is 0 Å². The first-order valence-corrected chi connectivity index (χ1v) is 8.63. The second kappa shape index (κ2) is 7.83. The maximum absolute atomic E-state index is 12.6. The van der Waals surface area contributed by atoms with Gasteiger partial charge in [0.05, 0.1) is 25.2 Å². The number of carbonyl (C=O) groups excluding carboxylic acids is 1. The summed E-state index contributed by atoms with van der Waals surface area (Å²) in [6, 6.07) is 9.51. The van der Waals surface area contributed by atoms with E-state index in [1.165, 1.54) is 37.7 Å². The lowest BCUT2D eigenvalue weighted by atomic mass is 10.1. The molecule has 1 aromatic heterocycles. The molecule has 9 heteroatoms. The van der Waals surface area contributed by atoms with E-state index in [9.17, 15) is 14.9 Å². The monoisotopic (exact) mass is 385 g/mol. The lowest BCUT2D eigenvalue weighted by Crippen LogP contribution is -2.14. The van der Waals surface area contributed by atoms with Crippen LogP contribution in [0.2, 0.25) is 0 Å². The second-order valence-electron chi connectivity index (χ2n) is 5.35. The lowest BCUT2D eigenvalue weighted by molar-refractivity contribution is -0.385.